The lowest BCUT2D eigenvalue weighted by Gasteiger charge is -2.21. The second-order valence-electron chi connectivity index (χ2n) is 5.38. The summed E-state index contributed by atoms with van der Waals surface area (Å²) >= 11 is 1.28. The SMILES string of the molecule is O=C(Nc1nnc(-c2ccccn2)s1)NC1CCc2n[nH]nc2C1. The number of urea groups is 1. The van der Waals surface area contributed by atoms with Crippen LogP contribution in [0.4, 0.5) is 9.93 Å². The fourth-order valence-electron chi connectivity index (χ4n) is 2.59. The average Bonchev–Trinajstić information content (AvgIpc) is 3.24. The smallest absolute Gasteiger partial charge is 0.321 e. The molecule has 2 amide bonds. The molecule has 3 aromatic rings. The average molecular weight is 342 g/mol. The number of carbonyl (C=O) groups is 1. The van der Waals surface area contributed by atoms with Crippen LogP contribution in [-0.2, 0) is 12.8 Å². The fourth-order valence-corrected chi connectivity index (χ4v) is 3.31. The number of aromatic amines is 1. The van der Waals surface area contributed by atoms with E-state index in [-0.39, 0.29) is 12.1 Å². The highest BCUT2D eigenvalue weighted by Gasteiger charge is 2.23. The summed E-state index contributed by atoms with van der Waals surface area (Å²) in [5.41, 5.74) is 2.63. The summed E-state index contributed by atoms with van der Waals surface area (Å²) in [5.74, 6) is 0. The molecular formula is C14H14N8OS. The number of nitrogens with zero attached hydrogens (tertiary/aromatic N) is 5. The van der Waals surface area contributed by atoms with Crippen molar-refractivity contribution in [2.24, 2.45) is 0 Å². The third kappa shape index (κ3) is 3.08. The molecule has 9 nitrogen and oxygen atoms in total. The van der Waals surface area contributed by atoms with Crippen LogP contribution in [0.3, 0.4) is 0 Å². The molecule has 122 valence electrons. The molecule has 0 aliphatic heterocycles. The standard InChI is InChI=1S/C14H14N8OS/c23-13(16-8-4-5-9-11(7-8)19-22-18-9)17-14-21-20-12(24-14)10-3-1-2-6-15-10/h1-3,6,8H,4-5,7H2,(H,18,19,22)(H2,16,17,21,23). The Labute approximate surface area is 140 Å². The zero-order valence-corrected chi connectivity index (χ0v) is 13.4. The van der Waals surface area contributed by atoms with E-state index in [2.05, 4.69) is 41.2 Å². The predicted octanol–water partition coefficient (Wildman–Crippen LogP) is 1.40. The Morgan fingerprint density at radius 3 is 3.04 bits per heavy atom. The highest BCUT2D eigenvalue weighted by atomic mass is 32.1. The van der Waals surface area contributed by atoms with Crippen LogP contribution in [0, 0.1) is 0 Å². The van der Waals surface area contributed by atoms with Gasteiger partial charge in [-0.25, -0.2) is 4.79 Å². The molecule has 3 heterocycles. The molecule has 1 unspecified atom stereocenters. The zero-order valence-electron chi connectivity index (χ0n) is 12.6. The molecule has 1 atom stereocenters. The van der Waals surface area contributed by atoms with Gasteiger partial charge >= 0.3 is 6.03 Å². The number of rotatable bonds is 3. The molecule has 1 aliphatic rings. The Morgan fingerprint density at radius 2 is 2.17 bits per heavy atom. The first kappa shape index (κ1) is 14.7. The molecule has 1 aliphatic carbocycles. The van der Waals surface area contributed by atoms with E-state index in [4.69, 9.17) is 0 Å². The predicted molar refractivity (Wildman–Crippen MR) is 87.5 cm³/mol. The van der Waals surface area contributed by atoms with Gasteiger partial charge in [0.05, 0.1) is 11.4 Å². The Kier molecular flexibility index (Phi) is 3.87. The minimum absolute atomic E-state index is 0.0331. The molecule has 24 heavy (non-hydrogen) atoms. The summed E-state index contributed by atoms with van der Waals surface area (Å²) in [6.07, 6.45) is 4.01. The first-order valence-electron chi connectivity index (χ1n) is 7.49. The number of amides is 2. The summed E-state index contributed by atoms with van der Waals surface area (Å²) in [7, 11) is 0. The largest absolute Gasteiger partial charge is 0.335 e. The van der Waals surface area contributed by atoms with E-state index in [0.717, 1.165) is 29.9 Å². The number of aromatic nitrogens is 6. The van der Waals surface area contributed by atoms with Gasteiger partial charge in [0.25, 0.3) is 0 Å². The van der Waals surface area contributed by atoms with Crippen LogP contribution in [0.25, 0.3) is 10.7 Å². The van der Waals surface area contributed by atoms with Crippen LogP contribution in [-0.4, -0.2) is 42.7 Å². The molecule has 0 radical (unpaired) electrons. The number of hydrogen-bond acceptors (Lipinski definition) is 7. The van der Waals surface area contributed by atoms with Crippen molar-refractivity contribution in [2.45, 2.75) is 25.3 Å². The summed E-state index contributed by atoms with van der Waals surface area (Å²) < 4.78 is 0. The molecule has 0 fully saturated rings. The number of H-pyrrole nitrogens is 1. The molecule has 0 saturated carbocycles. The van der Waals surface area contributed by atoms with E-state index in [9.17, 15) is 4.79 Å². The number of nitrogens with one attached hydrogen (secondary N) is 3. The molecule has 3 N–H and O–H groups in total. The van der Waals surface area contributed by atoms with Gasteiger partial charge in [-0.2, -0.15) is 15.4 Å². The van der Waals surface area contributed by atoms with E-state index in [1.54, 1.807) is 6.20 Å². The quantitative estimate of drug-likeness (QED) is 0.661. The normalized spacial score (nSPS) is 16.4. The van der Waals surface area contributed by atoms with Gasteiger partial charge < -0.3 is 5.32 Å². The van der Waals surface area contributed by atoms with Crippen LogP contribution in [0.1, 0.15) is 17.8 Å². The molecule has 0 aromatic carbocycles. The maximum absolute atomic E-state index is 12.1. The van der Waals surface area contributed by atoms with Crippen LogP contribution >= 0.6 is 11.3 Å². The van der Waals surface area contributed by atoms with Gasteiger partial charge in [-0.3, -0.25) is 10.3 Å². The van der Waals surface area contributed by atoms with Gasteiger partial charge in [0.1, 0.15) is 5.69 Å². The highest BCUT2D eigenvalue weighted by Crippen LogP contribution is 2.24. The van der Waals surface area contributed by atoms with Crippen molar-refractivity contribution in [1.29, 1.82) is 0 Å². The van der Waals surface area contributed by atoms with Crippen LogP contribution in [0.5, 0.6) is 0 Å². The van der Waals surface area contributed by atoms with Gasteiger partial charge in [-0.1, -0.05) is 17.4 Å². The van der Waals surface area contributed by atoms with Gasteiger partial charge in [0, 0.05) is 18.7 Å². The summed E-state index contributed by atoms with van der Waals surface area (Å²) in [5, 5.41) is 25.6. The van der Waals surface area contributed by atoms with Crippen LogP contribution in [0.2, 0.25) is 0 Å². The number of aryl methyl sites for hydroxylation is 1. The maximum Gasteiger partial charge on any atom is 0.321 e. The lowest BCUT2D eigenvalue weighted by Crippen LogP contribution is -2.41. The molecule has 4 rings (SSSR count). The fraction of sp³-hybridized carbons (Fsp3) is 0.286. The molecular weight excluding hydrogens is 328 g/mol. The Bertz CT molecular complexity index is 845. The van der Waals surface area contributed by atoms with Gasteiger partial charge in [0.15, 0.2) is 5.01 Å². The number of hydrogen-bond donors (Lipinski definition) is 3. The highest BCUT2D eigenvalue weighted by molar-refractivity contribution is 7.18. The Balaban J connectivity index is 1.36. The van der Waals surface area contributed by atoms with Crippen LogP contribution < -0.4 is 10.6 Å². The van der Waals surface area contributed by atoms with Crippen molar-refractivity contribution in [1.82, 2.24) is 35.9 Å². The van der Waals surface area contributed by atoms with E-state index in [0.29, 0.717) is 16.6 Å². The number of fused-ring (bicyclic) bond motifs is 1. The maximum atomic E-state index is 12.1. The third-order valence-electron chi connectivity index (χ3n) is 3.74. The van der Waals surface area contributed by atoms with Crippen molar-refractivity contribution in [3.63, 3.8) is 0 Å². The molecule has 0 bridgehead atoms. The lowest BCUT2D eigenvalue weighted by molar-refractivity contribution is 0.247. The number of carbonyl (C=O) groups excluding carboxylic acids is 1. The Hall–Kier alpha value is -2.88. The van der Waals surface area contributed by atoms with Crippen molar-refractivity contribution in [2.75, 3.05) is 5.32 Å². The molecule has 3 aromatic heterocycles. The minimum atomic E-state index is -0.296. The van der Waals surface area contributed by atoms with Crippen molar-refractivity contribution in [3.8, 4) is 10.7 Å². The monoisotopic (exact) mass is 342 g/mol. The summed E-state index contributed by atoms with van der Waals surface area (Å²) in [4.78, 5) is 16.3. The lowest BCUT2D eigenvalue weighted by atomic mass is 9.96. The Morgan fingerprint density at radius 1 is 1.25 bits per heavy atom. The van der Waals surface area contributed by atoms with Crippen molar-refractivity contribution < 1.29 is 4.79 Å². The van der Waals surface area contributed by atoms with E-state index in [1.807, 2.05) is 18.2 Å². The van der Waals surface area contributed by atoms with E-state index < -0.39 is 0 Å². The summed E-state index contributed by atoms with van der Waals surface area (Å²) in [6, 6.07) is 5.30. The number of pyridine rings is 1. The first-order chi connectivity index (χ1) is 11.8. The molecule has 10 heteroatoms. The molecule has 0 spiro atoms. The topological polar surface area (TPSA) is 121 Å². The first-order valence-corrected chi connectivity index (χ1v) is 8.30. The minimum Gasteiger partial charge on any atom is -0.335 e. The van der Waals surface area contributed by atoms with Gasteiger partial charge in [-0.15, -0.1) is 10.2 Å². The second-order valence-corrected chi connectivity index (χ2v) is 6.36. The van der Waals surface area contributed by atoms with Gasteiger partial charge in [-0.05, 0) is 25.0 Å². The van der Waals surface area contributed by atoms with Crippen molar-refractivity contribution >= 4 is 22.5 Å². The van der Waals surface area contributed by atoms with Crippen molar-refractivity contribution in [3.05, 3.63) is 35.8 Å². The van der Waals surface area contributed by atoms with Crippen LogP contribution in [0.15, 0.2) is 24.4 Å². The van der Waals surface area contributed by atoms with Gasteiger partial charge in [0.2, 0.25) is 5.13 Å². The van der Waals surface area contributed by atoms with E-state index >= 15 is 0 Å². The summed E-state index contributed by atoms with van der Waals surface area (Å²) in [6.45, 7) is 0. The zero-order chi connectivity index (χ0) is 16.4. The third-order valence-corrected chi connectivity index (χ3v) is 4.60. The second kappa shape index (κ2) is 6.32. The molecule has 0 saturated heterocycles. The van der Waals surface area contributed by atoms with E-state index in [1.165, 1.54) is 11.3 Å². The number of anilines is 1.